The Bertz CT molecular complexity index is 180. The minimum Gasteiger partial charge on any atom is -0.329 e. The van der Waals surface area contributed by atoms with Crippen molar-refractivity contribution in [2.24, 2.45) is 15.8 Å². The lowest BCUT2D eigenvalue weighted by molar-refractivity contribution is 0.314. The number of hydrazine groups is 1. The summed E-state index contributed by atoms with van der Waals surface area (Å²) in [5, 5.41) is 6.41. The molecule has 0 saturated heterocycles. The van der Waals surface area contributed by atoms with E-state index in [0.717, 1.165) is 5.17 Å². The summed E-state index contributed by atoms with van der Waals surface area (Å²) in [6.45, 7) is 3.05. The van der Waals surface area contributed by atoms with Crippen LogP contribution in [0.3, 0.4) is 0 Å². The molecule has 0 unspecified atom stereocenters. The number of nitrogens with two attached hydrogens (primary N) is 1. The summed E-state index contributed by atoms with van der Waals surface area (Å²) >= 11 is 1.53. The third-order valence-corrected chi connectivity index (χ3v) is 1.73. The van der Waals surface area contributed by atoms with Crippen LogP contribution in [-0.4, -0.2) is 42.9 Å². The Morgan fingerprint density at radius 2 is 2.38 bits per heavy atom. The molecule has 13 heavy (non-hydrogen) atoms. The third-order valence-electron chi connectivity index (χ3n) is 1.12. The Labute approximate surface area is 83.4 Å². The van der Waals surface area contributed by atoms with E-state index in [1.165, 1.54) is 11.8 Å². The molecule has 0 aliphatic heterocycles. The number of nitrogens with one attached hydrogen (secondary N) is 1. The predicted molar refractivity (Wildman–Crippen MR) is 59.9 cm³/mol. The summed E-state index contributed by atoms with van der Waals surface area (Å²) in [7, 11) is 1.81. The molecule has 76 valence electrons. The molecular formula is C7H17N5S. The minimum absolute atomic E-state index is 0.562. The molecule has 0 saturated carbocycles. The Morgan fingerprint density at radius 3 is 2.85 bits per heavy atom. The molecule has 0 amide bonds. The SMILES string of the molecule is C/C=N\N(C)NC(=NCCN)SC. The lowest BCUT2D eigenvalue weighted by atomic mass is 10.7. The number of amidine groups is 1. The molecule has 0 aromatic carbocycles. The molecular weight excluding hydrogens is 186 g/mol. The van der Waals surface area contributed by atoms with E-state index in [9.17, 15) is 0 Å². The van der Waals surface area contributed by atoms with Crippen molar-refractivity contribution in [1.29, 1.82) is 0 Å². The summed E-state index contributed by atoms with van der Waals surface area (Å²) in [6, 6.07) is 0. The zero-order valence-corrected chi connectivity index (χ0v) is 9.14. The van der Waals surface area contributed by atoms with Crippen LogP contribution in [-0.2, 0) is 0 Å². The molecule has 6 heteroatoms. The van der Waals surface area contributed by atoms with Crippen LogP contribution in [0.4, 0.5) is 0 Å². The van der Waals surface area contributed by atoms with Crippen molar-refractivity contribution >= 4 is 23.1 Å². The first-order valence-corrected chi connectivity index (χ1v) is 5.24. The molecule has 0 heterocycles. The predicted octanol–water partition coefficient (Wildman–Crippen LogP) is 0.106. The summed E-state index contributed by atoms with van der Waals surface area (Å²) in [6.07, 6.45) is 3.65. The van der Waals surface area contributed by atoms with Crippen LogP contribution < -0.4 is 11.2 Å². The van der Waals surface area contributed by atoms with Gasteiger partial charge in [-0.05, 0) is 13.2 Å². The highest BCUT2D eigenvalue weighted by Crippen LogP contribution is 1.95. The number of hydrogen-bond donors (Lipinski definition) is 2. The quantitative estimate of drug-likeness (QED) is 0.386. The standard InChI is InChI=1S/C7H17N5S/c1-4-10-12(2)11-7(13-3)9-6-5-8/h4H,5-6,8H2,1-3H3,(H,9,11)/b10-4-. The van der Waals surface area contributed by atoms with Gasteiger partial charge in [-0.25, -0.2) is 5.12 Å². The van der Waals surface area contributed by atoms with Crippen molar-refractivity contribution in [1.82, 2.24) is 10.5 Å². The van der Waals surface area contributed by atoms with E-state index in [1.54, 1.807) is 11.3 Å². The zero-order chi connectivity index (χ0) is 10.1. The first kappa shape index (κ1) is 12.2. The van der Waals surface area contributed by atoms with E-state index in [-0.39, 0.29) is 0 Å². The Morgan fingerprint density at radius 1 is 1.69 bits per heavy atom. The second-order valence-corrected chi connectivity index (χ2v) is 2.98. The molecule has 3 N–H and O–H groups in total. The van der Waals surface area contributed by atoms with E-state index >= 15 is 0 Å². The van der Waals surface area contributed by atoms with Crippen LogP contribution in [0, 0.1) is 0 Å². The van der Waals surface area contributed by atoms with E-state index in [1.807, 2.05) is 20.2 Å². The fourth-order valence-electron chi connectivity index (χ4n) is 0.652. The minimum atomic E-state index is 0.562. The molecule has 0 spiro atoms. The van der Waals surface area contributed by atoms with Crippen LogP contribution in [0.1, 0.15) is 6.92 Å². The molecule has 0 aromatic rings. The first-order chi connectivity index (χ1) is 6.24. The van der Waals surface area contributed by atoms with Gasteiger partial charge in [0, 0.05) is 19.8 Å². The van der Waals surface area contributed by atoms with Gasteiger partial charge in [0.25, 0.3) is 0 Å². The molecule has 0 fully saturated rings. The number of nitrogens with zero attached hydrogens (tertiary/aromatic N) is 3. The average Bonchev–Trinajstić information content (AvgIpc) is 2.12. The van der Waals surface area contributed by atoms with Gasteiger partial charge in [0.2, 0.25) is 0 Å². The fourth-order valence-corrected chi connectivity index (χ4v) is 1.10. The maximum absolute atomic E-state index is 5.33. The Balaban J connectivity index is 3.96. The lowest BCUT2D eigenvalue weighted by Crippen LogP contribution is -2.34. The summed E-state index contributed by atoms with van der Waals surface area (Å²) in [5.41, 5.74) is 8.33. The van der Waals surface area contributed by atoms with Crippen molar-refractivity contribution in [3.63, 3.8) is 0 Å². The lowest BCUT2D eigenvalue weighted by Gasteiger charge is -2.15. The average molecular weight is 203 g/mol. The second-order valence-electron chi connectivity index (χ2n) is 2.19. The van der Waals surface area contributed by atoms with Gasteiger partial charge in [-0.3, -0.25) is 10.4 Å². The molecule has 5 nitrogen and oxygen atoms in total. The van der Waals surface area contributed by atoms with Crippen molar-refractivity contribution in [3.8, 4) is 0 Å². The van der Waals surface area contributed by atoms with E-state index in [4.69, 9.17) is 5.73 Å². The summed E-state index contributed by atoms with van der Waals surface area (Å²) in [4.78, 5) is 4.21. The van der Waals surface area contributed by atoms with Crippen LogP contribution >= 0.6 is 11.8 Å². The van der Waals surface area contributed by atoms with Gasteiger partial charge in [0.05, 0.1) is 6.54 Å². The first-order valence-electron chi connectivity index (χ1n) is 4.02. The highest BCUT2D eigenvalue weighted by molar-refractivity contribution is 8.13. The van der Waals surface area contributed by atoms with Crippen molar-refractivity contribution in [2.45, 2.75) is 6.92 Å². The van der Waals surface area contributed by atoms with Gasteiger partial charge in [-0.2, -0.15) is 5.10 Å². The van der Waals surface area contributed by atoms with E-state index in [2.05, 4.69) is 15.5 Å². The summed E-state index contributed by atoms with van der Waals surface area (Å²) < 4.78 is 0. The van der Waals surface area contributed by atoms with Gasteiger partial charge >= 0.3 is 0 Å². The number of rotatable bonds is 4. The largest absolute Gasteiger partial charge is 0.329 e. The Hall–Kier alpha value is -0.750. The van der Waals surface area contributed by atoms with Gasteiger partial charge in [-0.15, -0.1) is 0 Å². The van der Waals surface area contributed by atoms with Gasteiger partial charge < -0.3 is 5.73 Å². The highest BCUT2D eigenvalue weighted by atomic mass is 32.2. The van der Waals surface area contributed by atoms with E-state index < -0.39 is 0 Å². The van der Waals surface area contributed by atoms with Gasteiger partial charge in [0.15, 0.2) is 5.17 Å². The molecule has 0 rings (SSSR count). The number of hydrogen-bond acceptors (Lipinski definition) is 5. The van der Waals surface area contributed by atoms with Crippen LogP contribution in [0.2, 0.25) is 0 Å². The highest BCUT2D eigenvalue weighted by Gasteiger charge is 1.96. The van der Waals surface area contributed by atoms with Gasteiger partial charge in [0.1, 0.15) is 0 Å². The number of hydrazone groups is 1. The van der Waals surface area contributed by atoms with Crippen LogP contribution in [0.5, 0.6) is 0 Å². The number of aliphatic imine (C=N–C) groups is 1. The Kier molecular flexibility index (Phi) is 7.42. The topological polar surface area (TPSA) is 66.0 Å². The molecule has 0 aliphatic rings. The van der Waals surface area contributed by atoms with Crippen LogP contribution in [0.15, 0.2) is 10.1 Å². The zero-order valence-electron chi connectivity index (χ0n) is 8.32. The molecule has 0 aliphatic carbocycles. The molecule has 0 atom stereocenters. The third kappa shape index (κ3) is 6.41. The normalized spacial score (nSPS) is 12.2. The maximum atomic E-state index is 5.33. The molecule has 0 radical (unpaired) electrons. The fraction of sp³-hybridized carbons (Fsp3) is 0.714. The van der Waals surface area contributed by atoms with Gasteiger partial charge in [-0.1, -0.05) is 11.8 Å². The van der Waals surface area contributed by atoms with Crippen molar-refractivity contribution in [3.05, 3.63) is 0 Å². The van der Waals surface area contributed by atoms with Crippen molar-refractivity contribution in [2.75, 3.05) is 26.4 Å². The molecule has 0 bridgehead atoms. The van der Waals surface area contributed by atoms with Crippen LogP contribution in [0.25, 0.3) is 0 Å². The van der Waals surface area contributed by atoms with E-state index in [0.29, 0.717) is 13.1 Å². The molecule has 0 aromatic heterocycles. The number of thioether (sulfide) groups is 1. The monoisotopic (exact) mass is 203 g/mol. The summed E-state index contributed by atoms with van der Waals surface area (Å²) in [5.74, 6) is 0. The second kappa shape index (κ2) is 7.88. The smallest absolute Gasteiger partial charge is 0.176 e. The maximum Gasteiger partial charge on any atom is 0.176 e. The van der Waals surface area contributed by atoms with Crippen molar-refractivity contribution < 1.29 is 0 Å².